The van der Waals surface area contributed by atoms with Gasteiger partial charge < -0.3 is 9.84 Å². The van der Waals surface area contributed by atoms with Crippen LogP contribution in [0.2, 0.25) is 0 Å². The zero-order valence-electron chi connectivity index (χ0n) is 14.3. The Morgan fingerprint density at radius 3 is 2.96 bits per heavy atom. The van der Waals surface area contributed by atoms with Crippen LogP contribution in [0.25, 0.3) is 11.4 Å². The monoisotopic (exact) mass is 418 g/mol. The topological polar surface area (TPSA) is 88.3 Å². The van der Waals surface area contributed by atoms with Crippen LogP contribution in [0.3, 0.4) is 0 Å². The number of nitrogens with zero attached hydrogens (tertiary/aromatic N) is 3. The molecule has 3 amide bonds. The molecule has 2 aromatic rings. The number of nitrogens with one attached hydrogen (secondary N) is 1. The van der Waals surface area contributed by atoms with Crippen molar-refractivity contribution in [2.24, 2.45) is 5.92 Å². The Hall–Kier alpha value is -2.22. The van der Waals surface area contributed by atoms with Gasteiger partial charge in [0.1, 0.15) is 0 Å². The van der Waals surface area contributed by atoms with Gasteiger partial charge in [-0.15, -0.1) is 0 Å². The molecule has 4 rings (SSSR count). The summed E-state index contributed by atoms with van der Waals surface area (Å²) in [6.45, 7) is 2.21. The Bertz CT molecular complexity index is 852. The van der Waals surface area contributed by atoms with Gasteiger partial charge in [-0.25, -0.2) is 4.79 Å². The predicted molar refractivity (Wildman–Crippen MR) is 97.2 cm³/mol. The van der Waals surface area contributed by atoms with E-state index in [1.54, 1.807) is 0 Å². The van der Waals surface area contributed by atoms with Gasteiger partial charge in [0.05, 0.1) is 5.92 Å². The highest BCUT2D eigenvalue weighted by Crippen LogP contribution is 2.38. The van der Waals surface area contributed by atoms with E-state index in [-0.39, 0.29) is 29.8 Å². The van der Waals surface area contributed by atoms with Crippen molar-refractivity contribution in [1.82, 2.24) is 20.4 Å². The van der Waals surface area contributed by atoms with E-state index in [0.717, 1.165) is 16.5 Å². The van der Waals surface area contributed by atoms with Crippen molar-refractivity contribution in [1.29, 1.82) is 0 Å². The number of halogens is 1. The van der Waals surface area contributed by atoms with Gasteiger partial charge in [-0.05, 0) is 38.3 Å². The second kappa shape index (κ2) is 6.83. The first kappa shape index (κ1) is 17.2. The zero-order chi connectivity index (χ0) is 18.3. The second-order valence-electron chi connectivity index (χ2n) is 6.72. The Morgan fingerprint density at radius 1 is 1.35 bits per heavy atom. The molecule has 2 aliphatic rings. The van der Waals surface area contributed by atoms with Crippen molar-refractivity contribution in [2.75, 3.05) is 6.54 Å². The van der Waals surface area contributed by atoms with Crippen LogP contribution in [0.1, 0.15) is 38.0 Å². The van der Waals surface area contributed by atoms with Gasteiger partial charge in [0.2, 0.25) is 17.6 Å². The number of amides is 3. The molecule has 26 heavy (non-hydrogen) atoms. The minimum atomic E-state index is -0.306. The lowest BCUT2D eigenvalue weighted by molar-refractivity contribution is -0.136. The molecule has 3 unspecified atom stereocenters. The molecule has 2 fully saturated rings. The summed E-state index contributed by atoms with van der Waals surface area (Å²) in [4.78, 5) is 30.4. The highest BCUT2D eigenvalue weighted by Gasteiger charge is 2.44. The van der Waals surface area contributed by atoms with Gasteiger partial charge in [-0.3, -0.25) is 9.69 Å². The number of urea groups is 1. The molecule has 8 heteroatoms. The average Bonchev–Trinajstić information content (AvgIpc) is 3.12. The molecule has 7 nitrogen and oxygen atoms in total. The number of rotatable bonds is 3. The van der Waals surface area contributed by atoms with E-state index in [0.29, 0.717) is 31.1 Å². The SMILES string of the molecule is CCN1C(=O)NC2CC(c3nc(-c4cccc(Br)c4)no3)CCC2C1=O. The molecular weight excluding hydrogens is 400 g/mol. The predicted octanol–water partition coefficient (Wildman–Crippen LogP) is 3.32. The van der Waals surface area contributed by atoms with Crippen LogP contribution >= 0.6 is 15.9 Å². The van der Waals surface area contributed by atoms with Crippen molar-refractivity contribution < 1.29 is 14.1 Å². The van der Waals surface area contributed by atoms with Crippen molar-refractivity contribution in [3.63, 3.8) is 0 Å². The fourth-order valence-electron chi connectivity index (χ4n) is 3.83. The van der Waals surface area contributed by atoms with E-state index in [2.05, 4.69) is 31.4 Å². The van der Waals surface area contributed by atoms with Crippen molar-refractivity contribution in [3.05, 3.63) is 34.6 Å². The third-order valence-electron chi connectivity index (χ3n) is 5.18. The summed E-state index contributed by atoms with van der Waals surface area (Å²) in [6, 6.07) is 7.25. The third kappa shape index (κ3) is 3.02. The van der Waals surface area contributed by atoms with E-state index in [1.807, 2.05) is 31.2 Å². The van der Waals surface area contributed by atoms with Crippen LogP contribution in [0.5, 0.6) is 0 Å². The number of fused-ring (bicyclic) bond motifs is 1. The maximum absolute atomic E-state index is 12.5. The molecular formula is C18H19BrN4O3. The number of imide groups is 1. The molecule has 1 aliphatic carbocycles. The van der Waals surface area contributed by atoms with E-state index in [9.17, 15) is 9.59 Å². The molecule has 2 heterocycles. The summed E-state index contributed by atoms with van der Waals surface area (Å²) in [6.07, 6.45) is 2.14. The fourth-order valence-corrected chi connectivity index (χ4v) is 4.23. The number of carbonyl (C=O) groups is 2. The van der Waals surface area contributed by atoms with Gasteiger partial charge in [0.25, 0.3) is 0 Å². The first-order chi connectivity index (χ1) is 12.6. The molecule has 3 atom stereocenters. The normalized spacial score (nSPS) is 25.8. The smallest absolute Gasteiger partial charge is 0.324 e. The summed E-state index contributed by atoms with van der Waals surface area (Å²) in [5.74, 6) is 0.935. The minimum absolute atomic E-state index is 0.0472. The molecule has 1 saturated heterocycles. The number of benzene rings is 1. The maximum Gasteiger partial charge on any atom is 0.324 e. The second-order valence-corrected chi connectivity index (χ2v) is 7.64. The fraction of sp³-hybridized carbons (Fsp3) is 0.444. The van der Waals surface area contributed by atoms with Crippen LogP contribution in [0.4, 0.5) is 4.79 Å². The minimum Gasteiger partial charge on any atom is -0.339 e. The van der Waals surface area contributed by atoms with E-state index in [1.165, 1.54) is 4.90 Å². The number of hydrogen-bond donors (Lipinski definition) is 1. The first-order valence-electron chi connectivity index (χ1n) is 8.78. The summed E-state index contributed by atoms with van der Waals surface area (Å²) in [7, 11) is 0. The molecule has 1 aromatic carbocycles. The highest BCUT2D eigenvalue weighted by atomic mass is 79.9. The maximum atomic E-state index is 12.5. The highest BCUT2D eigenvalue weighted by molar-refractivity contribution is 9.10. The van der Waals surface area contributed by atoms with E-state index >= 15 is 0 Å². The molecule has 0 spiro atoms. The number of aromatic nitrogens is 2. The Kier molecular flexibility index (Phi) is 4.52. The summed E-state index contributed by atoms with van der Waals surface area (Å²) in [5, 5.41) is 7.06. The van der Waals surface area contributed by atoms with E-state index < -0.39 is 0 Å². The Morgan fingerprint density at radius 2 is 2.19 bits per heavy atom. The van der Waals surface area contributed by atoms with Crippen molar-refractivity contribution in [2.45, 2.75) is 38.1 Å². The molecule has 136 valence electrons. The standard InChI is InChI=1S/C18H19BrN4O3/c1-2-23-17(24)13-7-6-11(9-14(13)20-18(23)25)16-21-15(22-26-16)10-4-3-5-12(19)8-10/h3-5,8,11,13-14H,2,6-7,9H2,1H3,(H,20,25). The van der Waals surface area contributed by atoms with Gasteiger partial charge >= 0.3 is 6.03 Å². The van der Waals surface area contributed by atoms with Gasteiger partial charge in [0.15, 0.2) is 0 Å². The largest absolute Gasteiger partial charge is 0.339 e. The van der Waals surface area contributed by atoms with Crippen LogP contribution in [0.15, 0.2) is 33.3 Å². The summed E-state index contributed by atoms with van der Waals surface area (Å²) < 4.78 is 6.44. The molecule has 0 bridgehead atoms. The number of hydrogen-bond acceptors (Lipinski definition) is 5. The molecule has 0 radical (unpaired) electrons. The van der Waals surface area contributed by atoms with E-state index in [4.69, 9.17) is 4.52 Å². The quantitative estimate of drug-likeness (QED) is 0.825. The molecule has 1 saturated carbocycles. The lowest BCUT2D eigenvalue weighted by atomic mass is 9.76. The third-order valence-corrected chi connectivity index (χ3v) is 5.67. The summed E-state index contributed by atoms with van der Waals surface area (Å²) >= 11 is 3.44. The van der Waals surface area contributed by atoms with Crippen LogP contribution < -0.4 is 5.32 Å². The van der Waals surface area contributed by atoms with Crippen LogP contribution in [-0.2, 0) is 4.79 Å². The van der Waals surface area contributed by atoms with Gasteiger partial charge in [-0.1, -0.05) is 33.2 Å². The molecule has 1 aromatic heterocycles. The zero-order valence-corrected chi connectivity index (χ0v) is 15.9. The average molecular weight is 419 g/mol. The van der Waals surface area contributed by atoms with Gasteiger partial charge in [-0.2, -0.15) is 4.98 Å². The number of carbonyl (C=O) groups excluding carboxylic acids is 2. The van der Waals surface area contributed by atoms with Crippen LogP contribution in [0, 0.1) is 5.92 Å². The Balaban J connectivity index is 1.51. The lowest BCUT2D eigenvalue weighted by Crippen LogP contribution is -2.61. The summed E-state index contributed by atoms with van der Waals surface area (Å²) in [5.41, 5.74) is 0.878. The molecule has 1 N–H and O–H groups in total. The van der Waals surface area contributed by atoms with Crippen molar-refractivity contribution in [3.8, 4) is 11.4 Å². The lowest BCUT2D eigenvalue weighted by Gasteiger charge is -2.41. The molecule has 1 aliphatic heterocycles. The first-order valence-corrected chi connectivity index (χ1v) is 9.57. The van der Waals surface area contributed by atoms with Crippen LogP contribution in [-0.4, -0.2) is 39.6 Å². The van der Waals surface area contributed by atoms with Gasteiger partial charge in [0, 0.05) is 28.5 Å². The van der Waals surface area contributed by atoms with Crippen molar-refractivity contribution >= 4 is 27.9 Å². The Labute approximate surface area is 159 Å².